The molecule has 0 bridgehead atoms. The van der Waals surface area contributed by atoms with Crippen LogP contribution in [-0.2, 0) is 14.3 Å². The van der Waals surface area contributed by atoms with Crippen LogP contribution in [0.5, 0.6) is 5.75 Å². The van der Waals surface area contributed by atoms with E-state index < -0.39 is 17.8 Å². The number of carboxylic acid groups (broad SMARTS) is 1. The van der Waals surface area contributed by atoms with Crippen LogP contribution in [0.4, 0.5) is 5.69 Å². The summed E-state index contributed by atoms with van der Waals surface area (Å²) in [5, 5.41) is 20.8. The Balaban J connectivity index is 2.16. The van der Waals surface area contributed by atoms with Crippen LogP contribution in [0.1, 0.15) is 15.9 Å². The Morgan fingerprint density at radius 1 is 1.24 bits per heavy atom. The molecule has 0 radical (unpaired) electrons. The number of aromatic carboxylic acids is 1. The third kappa shape index (κ3) is 6.19. The normalized spacial score (nSPS) is 10.6. The van der Waals surface area contributed by atoms with Gasteiger partial charge in [0, 0.05) is 5.69 Å². The molecule has 0 spiro atoms. The summed E-state index contributed by atoms with van der Waals surface area (Å²) in [7, 11) is 1.25. The molecular weight excluding hydrogens is 444 g/mol. The van der Waals surface area contributed by atoms with Crippen LogP contribution in [0.2, 0.25) is 0 Å². The van der Waals surface area contributed by atoms with Crippen molar-refractivity contribution in [1.82, 2.24) is 0 Å². The first kappa shape index (κ1) is 21.7. The highest BCUT2D eigenvalue weighted by molar-refractivity contribution is 9.10. The summed E-state index contributed by atoms with van der Waals surface area (Å²) in [4.78, 5) is 34.5. The van der Waals surface area contributed by atoms with Crippen molar-refractivity contribution in [2.45, 2.75) is 0 Å². The van der Waals surface area contributed by atoms with E-state index in [1.807, 2.05) is 6.07 Å². The number of ether oxygens (including phenoxy) is 2. The van der Waals surface area contributed by atoms with E-state index in [0.717, 1.165) is 0 Å². The third-order valence-corrected chi connectivity index (χ3v) is 4.19. The monoisotopic (exact) mass is 458 g/mol. The number of nitrogens with one attached hydrogen (secondary N) is 1. The molecule has 2 N–H and O–H groups in total. The largest absolute Gasteiger partial charge is 0.481 e. The number of benzene rings is 2. The van der Waals surface area contributed by atoms with Crippen molar-refractivity contribution in [2.24, 2.45) is 0 Å². The van der Waals surface area contributed by atoms with Crippen molar-refractivity contribution in [3.8, 4) is 11.8 Å². The van der Waals surface area contributed by atoms with Crippen LogP contribution >= 0.6 is 15.9 Å². The SMILES string of the molecule is COC(=O)COc1ccc(/C=C(/C#N)C(=O)Nc2cccc(C(=O)O)c2)cc1Br. The van der Waals surface area contributed by atoms with E-state index in [-0.39, 0.29) is 23.4 Å². The van der Waals surface area contributed by atoms with Gasteiger partial charge in [-0.3, -0.25) is 4.79 Å². The Morgan fingerprint density at radius 3 is 2.62 bits per heavy atom. The molecule has 2 rings (SSSR count). The molecule has 0 aliphatic heterocycles. The Hall–Kier alpha value is -3.64. The van der Waals surface area contributed by atoms with Crippen LogP contribution < -0.4 is 10.1 Å². The number of nitrogens with zero attached hydrogens (tertiary/aromatic N) is 1. The highest BCUT2D eigenvalue weighted by Crippen LogP contribution is 2.27. The van der Waals surface area contributed by atoms with Gasteiger partial charge in [0.05, 0.1) is 17.1 Å². The highest BCUT2D eigenvalue weighted by atomic mass is 79.9. The number of esters is 1. The van der Waals surface area contributed by atoms with E-state index in [4.69, 9.17) is 9.84 Å². The molecule has 0 aromatic heterocycles. The van der Waals surface area contributed by atoms with Gasteiger partial charge in [0.1, 0.15) is 17.4 Å². The van der Waals surface area contributed by atoms with E-state index in [1.54, 1.807) is 18.2 Å². The fourth-order valence-electron chi connectivity index (χ4n) is 2.16. The maximum Gasteiger partial charge on any atom is 0.343 e. The molecule has 0 aliphatic carbocycles. The number of halogens is 1. The molecule has 0 heterocycles. The van der Waals surface area contributed by atoms with E-state index in [0.29, 0.717) is 15.8 Å². The minimum absolute atomic E-state index is 0.0109. The Kier molecular flexibility index (Phi) is 7.51. The molecule has 0 saturated carbocycles. The fourth-order valence-corrected chi connectivity index (χ4v) is 2.67. The summed E-state index contributed by atoms with van der Waals surface area (Å²) in [6.45, 7) is -0.258. The zero-order valence-corrected chi connectivity index (χ0v) is 16.7. The van der Waals surface area contributed by atoms with Gasteiger partial charge in [0.25, 0.3) is 5.91 Å². The summed E-state index contributed by atoms with van der Waals surface area (Å²) in [5.74, 6) is -1.95. The quantitative estimate of drug-likeness (QED) is 0.370. The topological polar surface area (TPSA) is 126 Å². The fraction of sp³-hybridized carbons (Fsp3) is 0.100. The van der Waals surface area contributed by atoms with Gasteiger partial charge in [0.2, 0.25) is 0 Å². The van der Waals surface area contributed by atoms with Gasteiger partial charge < -0.3 is 19.9 Å². The van der Waals surface area contributed by atoms with Crippen LogP contribution in [0.3, 0.4) is 0 Å². The van der Waals surface area contributed by atoms with E-state index in [2.05, 4.69) is 26.0 Å². The van der Waals surface area contributed by atoms with Gasteiger partial charge in [-0.2, -0.15) is 5.26 Å². The molecule has 0 atom stereocenters. The minimum Gasteiger partial charge on any atom is -0.481 e. The maximum atomic E-state index is 12.4. The second-order valence-electron chi connectivity index (χ2n) is 5.56. The number of carbonyl (C=O) groups excluding carboxylic acids is 2. The van der Waals surface area contributed by atoms with Gasteiger partial charge in [-0.25, -0.2) is 9.59 Å². The lowest BCUT2D eigenvalue weighted by molar-refractivity contribution is -0.142. The molecule has 9 heteroatoms. The molecule has 148 valence electrons. The first-order chi connectivity index (χ1) is 13.8. The summed E-state index contributed by atoms with van der Waals surface area (Å²) < 4.78 is 10.3. The predicted molar refractivity (Wildman–Crippen MR) is 107 cm³/mol. The lowest BCUT2D eigenvalue weighted by atomic mass is 10.1. The minimum atomic E-state index is -1.13. The van der Waals surface area contributed by atoms with Gasteiger partial charge in [-0.1, -0.05) is 12.1 Å². The number of rotatable bonds is 7. The first-order valence-corrected chi connectivity index (χ1v) is 8.89. The average Bonchev–Trinajstić information content (AvgIpc) is 2.71. The summed E-state index contributed by atoms with van der Waals surface area (Å²) in [6.07, 6.45) is 1.37. The van der Waals surface area contributed by atoms with Crippen LogP contribution in [0.15, 0.2) is 52.5 Å². The molecule has 0 unspecified atom stereocenters. The van der Waals surface area contributed by atoms with Gasteiger partial charge in [-0.05, 0) is 57.9 Å². The van der Waals surface area contributed by atoms with Crippen LogP contribution in [0, 0.1) is 11.3 Å². The standard InChI is InChI=1S/C20H15BrN2O6/c1-28-18(24)11-29-17-6-5-12(8-16(17)21)7-14(10-22)19(25)23-15-4-2-3-13(9-15)20(26)27/h2-9H,11H2,1H3,(H,23,25)(H,26,27)/b14-7-. The first-order valence-electron chi connectivity index (χ1n) is 8.09. The van der Waals surface area contributed by atoms with Crippen molar-refractivity contribution in [3.63, 3.8) is 0 Å². The number of carbonyl (C=O) groups is 3. The number of anilines is 1. The highest BCUT2D eigenvalue weighted by Gasteiger charge is 2.12. The maximum absolute atomic E-state index is 12.4. The zero-order chi connectivity index (χ0) is 21.4. The molecule has 8 nitrogen and oxygen atoms in total. The molecule has 0 aliphatic rings. The molecule has 2 aromatic rings. The molecule has 2 aromatic carbocycles. The van der Waals surface area contributed by atoms with E-state index >= 15 is 0 Å². The summed E-state index contributed by atoms with van der Waals surface area (Å²) in [5.41, 5.74) is 0.620. The van der Waals surface area contributed by atoms with Gasteiger partial charge in [-0.15, -0.1) is 0 Å². The lowest BCUT2D eigenvalue weighted by Gasteiger charge is -2.08. The van der Waals surface area contributed by atoms with E-state index in [1.165, 1.54) is 37.5 Å². The Bertz CT molecular complexity index is 1030. The second-order valence-corrected chi connectivity index (χ2v) is 6.42. The number of amides is 1. The van der Waals surface area contributed by atoms with Crippen LogP contribution in [0.25, 0.3) is 6.08 Å². The number of hydrogen-bond acceptors (Lipinski definition) is 6. The number of carboxylic acids is 1. The smallest absolute Gasteiger partial charge is 0.343 e. The van der Waals surface area contributed by atoms with Gasteiger partial charge >= 0.3 is 11.9 Å². The zero-order valence-electron chi connectivity index (χ0n) is 15.1. The van der Waals surface area contributed by atoms with Crippen molar-refractivity contribution in [2.75, 3.05) is 19.0 Å². The average molecular weight is 459 g/mol. The second kappa shape index (κ2) is 10.1. The predicted octanol–water partition coefficient (Wildman–Crippen LogP) is 3.24. The van der Waals surface area contributed by atoms with E-state index in [9.17, 15) is 19.6 Å². The summed E-state index contributed by atoms with van der Waals surface area (Å²) in [6, 6.07) is 12.3. The third-order valence-electron chi connectivity index (χ3n) is 3.57. The molecule has 29 heavy (non-hydrogen) atoms. The Labute approximate surface area is 174 Å². The molecule has 1 amide bonds. The Morgan fingerprint density at radius 2 is 2.00 bits per heavy atom. The van der Waals surface area contributed by atoms with Crippen LogP contribution in [-0.4, -0.2) is 36.7 Å². The molecular formula is C20H15BrN2O6. The lowest BCUT2D eigenvalue weighted by Crippen LogP contribution is -2.14. The van der Waals surface area contributed by atoms with Gasteiger partial charge in [0.15, 0.2) is 6.61 Å². The molecule has 0 fully saturated rings. The number of hydrogen-bond donors (Lipinski definition) is 2. The summed E-state index contributed by atoms with van der Waals surface area (Å²) >= 11 is 3.30. The van der Waals surface area contributed by atoms with Crippen molar-refractivity contribution in [1.29, 1.82) is 5.26 Å². The number of nitriles is 1. The molecule has 0 saturated heterocycles. The van der Waals surface area contributed by atoms with Crippen molar-refractivity contribution >= 4 is 45.5 Å². The number of methoxy groups -OCH3 is 1. The van der Waals surface area contributed by atoms with Crippen molar-refractivity contribution < 1.29 is 29.0 Å². The van der Waals surface area contributed by atoms with Crippen molar-refractivity contribution in [3.05, 3.63) is 63.6 Å².